The van der Waals surface area contributed by atoms with E-state index >= 15 is 0 Å². The number of hydrogen-bond donors (Lipinski definition) is 3. The smallest absolute Gasteiger partial charge is 0.139 e. The molecule has 0 amide bonds. The van der Waals surface area contributed by atoms with Gasteiger partial charge in [0.1, 0.15) is 5.84 Å². The van der Waals surface area contributed by atoms with Gasteiger partial charge in [-0.05, 0) is 25.8 Å². The van der Waals surface area contributed by atoms with Gasteiger partial charge in [-0.2, -0.15) is 0 Å². The molecule has 0 rings (SSSR count). The van der Waals surface area contributed by atoms with Gasteiger partial charge >= 0.3 is 0 Å². The molecule has 1 unspecified atom stereocenters. The van der Waals surface area contributed by atoms with Crippen LogP contribution in [0.5, 0.6) is 0 Å². The Labute approximate surface area is 99.3 Å². The molecule has 0 aliphatic heterocycles. The molecule has 0 aliphatic carbocycles. The number of unbranched alkanes of at least 4 members (excludes halogenated alkanes) is 1. The second-order valence-corrected chi connectivity index (χ2v) is 4.28. The highest BCUT2D eigenvalue weighted by Gasteiger charge is 2.05. The van der Waals surface area contributed by atoms with Crippen LogP contribution in [0.2, 0.25) is 0 Å². The van der Waals surface area contributed by atoms with E-state index in [0.717, 1.165) is 13.0 Å². The summed E-state index contributed by atoms with van der Waals surface area (Å²) in [6, 6.07) is 0.636. The first-order valence-corrected chi connectivity index (χ1v) is 6.44. The predicted octanol–water partition coefficient (Wildman–Crippen LogP) is 2.46. The second kappa shape index (κ2) is 10.7. The van der Waals surface area contributed by atoms with E-state index in [-0.39, 0.29) is 0 Å². The summed E-state index contributed by atoms with van der Waals surface area (Å²) >= 11 is 0. The summed E-state index contributed by atoms with van der Waals surface area (Å²) in [5.41, 5.74) is 5.40. The van der Waals surface area contributed by atoms with Gasteiger partial charge < -0.3 is 16.3 Å². The molecule has 1 atom stereocenters. The first-order valence-electron chi connectivity index (χ1n) is 6.44. The van der Waals surface area contributed by atoms with Crippen molar-refractivity contribution < 1.29 is 5.21 Å². The maximum Gasteiger partial charge on any atom is 0.139 e. The molecule has 0 saturated heterocycles. The lowest BCUT2D eigenvalue weighted by atomic mass is 10.1. The minimum atomic E-state index is 0.322. The highest BCUT2D eigenvalue weighted by Crippen LogP contribution is 2.06. The van der Waals surface area contributed by atoms with Crippen LogP contribution in [0.4, 0.5) is 0 Å². The first-order chi connectivity index (χ1) is 7.74. The van der Waals surface area contributed by atoms with Gasteiger partial charge in [0.15, 0.2) is 0 Å². The Morgan fingerprint density at radius 1 is 1.25 bits per heavy atom. The number of rotatable bonds is 10. The van der Waals surface area contributed by atoms with Crippen molar-refractivity contribution in [2.24, 2.45) is 10.9 Å². The lowest BCUT2D eigenvalue weighted by Crippen LogP contribution is -2.30. The Hall–Kier alpha value is -0.770. The van der Waals surface area contributed by atoms with Crippen LogP contribution < -0.4 is 11.1 Å². The zero-order valence-electron chi connectivity index (χ0n) is 10.7. The highest BCUT2D eigenvalue weighted by molar-refractivity contribution is 5.79. The average Bonchev–Trinajstić information content (AvgIpc) is 2.30. The zero-order valence-corrected chi connectivity index (χ0v) is 10.7. The van der Waals surface area contributed by atoms with Crippen molar-refractivity contribution in [1.29, 1.82) is 0 Å². The van der Waals surface area contributed by atoms with Gasteiger partial charge in [0.25, 0.3) is 0 Å². The number of nitrogens with zero attached hydrogens (tertiary/aromatic N) is 1. The van der Waals surface area contributed by atoms with Gasteiger partial charge in [-0.1, -0.05) is 38.3 Å². The van der Waals surface area contributed by atoms with Crippen LogP contribution in [0, 0.1) is 0 Å². The molecule has 0 aromatic heterocycles. The first kappa shape index (κ1) is 15.2. The molecule has 96 valence electrons. The summed E-state index contributed by atoms with van der Waals surface area (Å²) < 4.78 is 0. The summed E-state index contributed by atoms with van der Waals surface area (Å²) in [5, 5.41) is 14.9. The van der Waals surface area contributed by atoms with Crippen molar-refractivity contribution in [2.75, 3.05) is 6.54 Å². The van der Waals surface area contributed by atoms with E-state index in [1.807, 2.05) is 0 Å². The van der Waals surface area contributed by atoms with Gasteiger partial charge in [-0.15, -0.1) is 0 Å². The predicted molar refractivity (Wildman–Crippen MR) is 68.9 cm³/mol. The number of amidine groups is 1. The standard InChI is InChI=1S/C12H27N3O/c1-3-5-8-11(7-4-2)14-10-6-9-12(13)15-16/h11,14,16H,3-10H2,1-2H3,(H2,13,15). The third kappa shape index (κ3) is 8.53. The SMILES string of the molecule is CCCCC(CCC)NCCCC(N)=NO. The summed E-state index contributed by atoms with van der Waals surface area (Å²) in [6.07, 6.45) is 7.86. The monoisotopic (exact) mass is 229 g/mol. The molecule has 0 aromatic carbocycles. The van der Waals surface area contributed by atoms with Gasteiger partial charge in [-0.3, -0.25) is 0 Å². The van der Waals surface area contributed by atoms with E-state index < -0.39 is 0 Å². The summed E-state index contributed by atoms with van der Waals surface area (Å²) in [5.74, 6) is 0.322. The molecule has 0 aliphatic rings. The highest BCUT2D eigenvalue weighted by atomic mass is 16.4. The molecule has 0 aromatic rings. The number of nitrogens with two attached hydrogens (primary N) is 1. The Morgan fingerprint density at radius 2 is 2.00 bits per heavy atom. The van der Waals surface area contributed by atoms with E-state index in [9.17, 15) is 0 Å². The van der Waals surface area contributed by atoms with E-state index in [0.29, 0.717) is 18.3 Å². The molecule has 0 bridgehead atoms. The minimum absolute atomic E-state index is 0.322. The zero-order chi connectivity index (χ0) is 12.2. The fourth-order valence-corrected chi connectivity index (χ4v) is 1.77. The van der Waals surface area contributed by atoms with Gasteiger partial charge in [-0.25, -0.2) is 0 Å². The molecular formula is C12H27N3O. The molecule has 0 saturated carbocycles. The van der Waals surface area contributed by atoms with Crippen molar-refractivity contribution in [1.82, 2.24) is 5.32 Å². The lowest BCUT2D eigenvalue weighted by molar-refractivity contribution is 0.316. The molecule has 4 nitrogen and oxygen atoms in total. The molecule has 16 heavy (non-hydrogen) atoms. The summed E-state index contributed by atoms with van der Waals surface area (Å²) in [7, 11) is 0. The Kier molecular flexibility index (Phi) is 10.2. The largest absolute Gasteiger partial charge is 0.409 e. The normalized spacial score (nSPS) is 14.0. The van der Waals surface area contributed by atoms with Crippen LogP contribution in [-0.4, -0.2) is 23.6 Å². The van der Waals surface area contributed by atoms with Crippen molar-refractivity contribution in [3.05, 3.63) is 0 Å². The third-order valence-corrected chi connectivity index (χ3v) is 2.71. The van der Waals surface area contributed by atoms with Gasteiger partial charge in [0.2, 0.25) is 0 Å². The van der Waals surface area contributed by atoms with Crippen LogP contribution in [-0.2, 0) is 0 Å². The maximum absolute atomic E-state index is 8.39. The van der Waals surface area contributed by atoms with Gasteiger partial charge in [0.05, 0.1) is 0 Å². The quantitative estimate of drug-likeness (QED) is 0.177. The summed E-state index contributed by atoms with van der Waals surface area (Å²) in [6.45, 7) is 5.39. The number of oxime groups is 1. The molecule has 0 radical (unpaired) electrons. The number of nitrogens with one attached hydrogen (secondary N) is 1. The van der Waals surface area contributed by atoms with Crippen molar-refractivity contribution >= 4 is 5.84 Å². The minimum Gasteiger partial charge on any atom is -0.409 e. The van der Waals surface area contributed by atoms with Crippen LogP contribution in [0.25, 0.3) is 0 Å². The molecular weight excluding hydrogens is 202 g/mol. The maximum atomic E-state index is 8.39. The lowest BCUT2D eigenvalue weighted by Gasteiger charge is -2.17. The van der Waals surface area contributed by atoms with E-state index in [1.165, 1.54) is 32.1 Å². The van der Waals surface area contributed by atoms with Crippen LogP contribution in [0.1, 0.15) is 58.8 Å². The molecule has 0 heterocycles. The van der Waals surface area contributed by atoms with E-state index in [1.54, 1.807) is 0 Å². The third-order valence-electron chi connectivity index (χ3n) is 2.71. The van der Waals surface area contributed by atoms with Crippen molar-refractivity contribution in [3.63, 3.8) is 0 Å². The molecule has 0 fully saturated rings. The Morgan fingerprint density at radius 3 is 2.56 bits per heavy atom. The van der Waals surface area contributed by atoms with Crippen LogP contribution >= 0.6 is 0 Å². The average molecular weight is 229 g/mol. The number of hydrogen-bond acceptors (Lipinski definition) is 3. The fourth-order valence-electron chi connectivity index (χ4n) is 1.77. The molecule has 0 spiro atoms. The second-order valence-electron chi connectivity index (χ2n) is 4.28. The molecule has 4 heteroatoms. The Balaban J connectivity index is 3.58. The van der Waals surface area contributed by atoms with E-state index in [4.69, 9.17) is 10.9 Å². The topological polar surface area (TPSA) is 70.6 Å². The summed E-state index contributed by atoms with van der Waals surface area (Å²) in [4.78, 5) is 0. The molecule has 4 N–H and O–H groups in total. The van der Waals surface area contributed by atoms with Gasteiger partial charge in [0, 0.05) is 12.5 Å². The van der Waals surface area contributed by atoms with E-state index in [2.05, 4.69) is 24.3 Å². The fraction of sp³-hybridized carbons (Fsp3) is 0.917. The Bertz CT molecular complexity index is 183. The van der Waals surface area contributed by atoms with Crippen LogP contribution in [0.3, 0.4) is 0 Å². The van der Waals surface area contributed by atoms with Crippen molar-refractivity contribution in [3.8, 4) is 0 Å². The van der Waals surface area contributed by atoms with Crippen molar-refractivity contribution in [2.45, 2.75) is 64.8 Å². The van der Waals surface area contributed by atoms with Crippen LogP contribution in [0.15, 0.2) is 5.16 Å².